The van der Waals surface area contributed by atoms with Crippen LogP contribution in [0.25, 0.3) is 5.76 Å². The normalized spacial score (nSPS) is 18.6. The summed E-state index contributed by atoms with van der Waals surface area (Å²) in [5.41, 5.74) is 4.28. The van der Waals surface area contributed by atoms with Gasteiger partial charge in [0, 0.05) is 11.0 Å². The van der Waals surface area contributed by atoms with Gasteiger partial charge in [0.25, 0.3) is 0 Å². The van der Waals surface area contributed by atoms with Gasteiger partial charge < -0.3 is 4.74 Å². The minimum absolute atomic E-state index is 0.124. The molecule has 0 radical (unpaired) electrons. The van der Waals surface area contributed by atoms with Crippen molar-refractivity contribution in [2.24, 2.45) is 10.8 Å². The predicted octanol–water partition coefficient (Wildman–Crippen LogP) is 5.20. The van der Waals surface area contributed by atoms with Gasteiger partial charge >= 0.3 is 0 Å². The van der Waals surface area contributed by atoms with Gasteiger partial charge in [-0.2, -0.15) is 0 Å². The van der Waals surface area contributed by atoms with Gasteiger partial charge in [-0.1, -0.05) is 58.4 Å². The molecule has 0 amide bonds. The molecule has 1 aromatic carbocycles. The summed E-state index contributed by atoms with van der Waals surface area (Å²) in [6.45, 7) is 14.4. The van der Waals surface area contributed by atoms with Crippen LogP contribution in [0.15, 0.2) is 29.8 Å². The Balaban J connectivity index is 2.60. The van der Waals surface area contributed by atoms with Gasteiger partial charge in [-0.3, -0.25) is 0 Å². The quantitative estimate of drug-likeness (QED) is 0.724. The van der Waals surface area contributed by atoms with Gasteiger partial charge in [0.05, 0.1) is 6.61 Å². The Morgan fingerprint density at radius 1 is 1.26 bits per heavy atom. The molecule has 1 heterocycles. The molecule has 1 aliphatic heterocycles. The lowest BCUT2D eigenvalue weighted by Crippen LogP contribution is -2.26. The fraction of sp³-hybridized carbons (Fsp3) is 0.556. The molecule has 0 bridgehead atoms. The van der Waals surface area contributed by atoms with E-state index in [9.17, 15) is 0 Å². The average Bonchev–Trinajstić information content (AvgIpc) is 2.65. The molecule has 1 aromatic rings. The number of hydrogen-bond acceptors (Lipinski definition) is 1. The summed E-state index contributed by atoms with van der Waals surface area (Å²) in [7, 11) is 0. The third-order valence-corrected chi connectivity index (χ3v) is 4.32. The maximum Gasteiger partial charge on any atom is 0.126 e. The number of aryl methyl sites for hydroxylation is 1. The second kappa shape index (κ2) is 4.70. The van der Waals surface area contributed by atoms with Crippen molar-refractivity contribution in [1.82, 2.24) is 0 Å². The van der Waals surface area contributed by atoms with Crippen molar-refractivity contribution >= 4 is 5.76 Å². The second-order valence-corrected chi connectivity index (χ2v) is 6.98. The fourth-order valence-corrected chi connectivity index (χ4v) is 3.12. The highest BCUT2D eigenvalue weighted by Crippen LogP contribution is 2.50. The summed E-state index contributed by atoms with van der Waals surface area (Å²) in [5.74, 6) is 1.11. The van der Waals surface area contributed by atoms with Crippen molar-refractivity contribution in [2.45, 2.75) is 48.0 Å². The molecule has 0 N–H and O–H groups in total. The van der Waals surface area contributed by atoms with Crippen LogP contribution in [0.5, 0.6) is 0 Å². The van der Waals surface area contributed by atoms with Crippen LogP contribution in [-0.2, 0) is 4.74 Å². The van der Waals surface area contributed by atoms with Crippen LogP contribution in [0, 0.1) is 17.8 Å². The van der Waals surface area contributed by atoms with E-state index in [1.165, 1.54) is 16.7 Å². The maximum atomic E-state index is 6.09. The molecule has 0 spiro atoms. The Kier molecular flexibility index (Phi) is 3.51. The van der Waals surface area contributed by atoms with E-state index in [-0.39, 0.29) is 10.8 Å². The highest BCUT2D eigenvalue weighted by atomic mass is 16.5. The first-order valence-corrected chi connectivity index (χ1v) is 7.23. The maximum absolute atomic E-state index is 6.09. The van der Waals surface area contributed by atoms with Crippen molar-refractivity contribution in [3.63, 3.8) is 0 Å². The zero-order valence-corrected chi connectivity index (χ0v) is 13.1. The first kappa shape index (κ1) is 14.2. The van der Waals surface area contributed by atoms with Crippen LogP contribution < -0.4 is 0 Å². The van der Waals surface area contributed by atoms with Gasteiger partial charge in [0.1, 0.15) is 5.76 Å². The standard InChI is InChI=1S/C18H26O/c1-7-17(3,4)16-15(19-12-18(16,5)6)14-10-8-9-13(2)11-14/h8-11H,7,12H2,1-6H3. The van der Waals surface area contributed by atoms with E-state index in [1.807, 2.05) is 0 Å². The van der Waals surface area contributed by atoms with Crippen molar-refractivity contribution in [3.8, 4) is 0 Å². The molecule has 0 atom stereocenters. The third kappa shape index (κ3) is 2.56. The molecular formula is C18H26O. The van der Waals surface area contributed by atoms with Gasteiger partial charge in [-0.25, -0.2) is 0 Å². The van der Waals surface area contributed by atoms with Crippen molar-refractivity contribution < 1.29 is 4.74 Å². The minimum atomic E-state index is 0.124. The molecule has 1 heteroatoms. The van der Waals surface area contributed by atoms with Crippen LogP contribution in [0.1, 0.15) is 52.2 Å². The van der Waals surface area contributed by atoms with Gasteiger partial charge in [0.2, 0.25) is 0 Å². The van der Waals surface area contributed by atoms with E-state index in [4.69, 9.17) is 4.74 Å². The fourth-order valence-electron chi connectivity index (χ4n) is 3.12. The molecule has 0 saturated carbocycles. The molecule has 0 aliphatic carbocycles. The smallest absolute Gasteiger partial charge is 0.126 e. The Morgan fingerprint density at radius 2 is 1.95 bits per heavy atom. The van der Waals surface area contributed by atoms with Crippen LogP contribution >= 0.6 is 0 Å². The topological polar surface area (TPSA) is 9.23 Å². The monoisotopic (exact) mass is 258 g/mol. The first-order chi connectivity index (χ1) is 8.78. The van der Waals surface area contributed by atoms with Gasteiger partial charge in [-0.05, 0) is 30.4 Å². The third-order valence-electron chi connectivity index (χ3n) is 4.32. The van der Waals surface area contributed by atoms with E-state index < -0.39 is 0 Å². The van der Waals surface area contributed by atoms with Crippen LogP contribution in [0.4, 0.5) is 0 Å². The summed E-state index contributed by atoms with van der Waals surface area (Å²) >= 11 is 0. The predicted molar refractivity (Wildman–Crippen MR) is 81.9 cm³/mol. The zero-order valence-electron chi connectivity index (χ0n) is 13.1. The van der Waals surface area contributed by atoms with E-state index >= 15 is 0 Å². The zero-order chi connectivity index (χ0) is 14.3. The lowest BCUT2D eigenvalue weighted by atomic mass is 9.69. The van der Waals surface area contributed by atoms with Crippen molar-refractivity contribution in [3.05, 3.63) is 41.0 Å². The molecule has 0 saturated heterocycles. The molecule has 19 heavy (non-hydrogen) atoms. The molecular weight excluding hydrogens is 232 g/mol. The average molecular weight is 258 g/mol. The van der Waals surface area contributed by atoms with Crippen molar-refractivity contribution in [2.75, 3.05) is 6.61 Å². The minimum Gasteiger partial charge on any atom is -0.492 e. The summed E-state index contributed by atoms with van der Waals surface area (Å²) in [5, 5.41) is 0. The number of benzene rings is 1. The number of ether oxygens (including phenoxy) is 1. The highest BCUT2D eigenvalue weighted by Gasteiger charge is 2.42. The molecule has 2 rings (SSSR count). The molecule has 0 unspecified atom stereocenters. The Morgan fingerprint density at radius 3 is 2.53 bits per heavy atom. The molecule has 0 aromatic heterocycles. The molecule has 1 nitrogen and oxygen atoms in total. The summed E-state index contributed by atoms with van der Waals surface area (Å²) in [6, 6.07) is 8.63. The Bertz CT molecular complexity index is 506. The summed E-state index contributed by atoms with van der Waals surface area (Å²) < 4.78 is 6.09. The van der Waals surface area contributed by atoms with E-state index in [0.717, 1.165) is 18.8 Å². The van der Waals surface area contributed by atoms with Crippen LogP contribution in [0.2, 0.25) is 0 Å². The van der Waals surface area contributed by atoms with E-state index in [2.05, 4.69) is 65.8 Å². The van der Waals surface area contributed by atoms with Gasteiger partial charge in [-0.15, -0.1) is 0 Å². The molecule has 0 fully saturated rings. The van der Waals surface area contributed by atoms with E-state index in [0.29, 0.717) is 0 Å². The number of hydrogen-bond donors (Lipinski definition) is 0. The van der Waals surface area contributed by atoms with Crippen LogP contribution in [0.3, 0.4) is 0 Å². The van der Waals surface area contributed by atoms with Crippen molar-refractivity contribution in [1.29, 1.82) is 0 Å². The molecule has 1 aliphatic rings. The largest absolute Gasteiger partial charge is 0.492 e. The number of rotatable bonds is 3. The lowest BCUT2D eigenvalue weighted by Gasteiger charge is -2.33. The summed E-state index contributed by atoms with van der Waals surface area (Å²) in [4.78, 5) is 0. The highest BCUT2D eigenvalue weighted by molar-refractivity contribution is 5.68. The second-order valence-electron chi connectivity index (χ2n) is 6.98. The summed E-state index contributed by atoms with van der Waals surface area (Å²) in [6.07, 6.45) is 1.13. The van der Waals surface area contributed by atoms with E-state index in [1.54, 1.807) is 0 Å². The first-order valence-electron chi connectivity index (χ1n) is 7.23. The van der Waals surface area contributed by atoms with Crippen LogP contribution in [-0.4, -0.2) is 6.61 Å². The Hall–Kier alpha value is -1.24. The molecule has 104 valence electrons. The lowest BCUT2D eigenvalue weighted by molar-refractivity contribution is 0.210. The van der Waals surface area contributed by atoms with Gasteiger partial charge in [0.15, 0.2) is 0 Å². The SMILES string of the molecule is CCC(C)(C)C1=C(c2cccc(C)c2)OCC1(C)C. The Labute approximate surface area is 117 Å².